The lowest BCUT2D eigenvalue weighted by molar-refractivity contribution is 0.0673. The van der Waals surface area contributed by atoms with Gasteiger partial charge in [-0.15, -0.1) is 0 Å². The van der Waals surface area contributed by atoms with Gasteiger partial charge in [0, 0.05) is 50.5 Å². The number of benzene rings is 1. The van der Waals surface area contributed by atoms with Gasteiger partial charge >= 0.3 is 6.03 Å². The molecule has 6 rings (SSSR count). The van der Waals surface area contributed by atoms with Crippen molar-refractivity contribution in [3.63, 3.8) is 0 Å². The molecule has 4 aromatic rings. The Hall–Kier alpha value is -3.90. The normalized spacial score (nSPS) is 17.0. The smallest absolute Gasteiger partial charge is 0.321 e. The van der Waals surface area contributed by atoms with Gasteiger partial charge in [-0.1, -0.05) is 12.1 Å². The molecule has 36 heavy (non-hydrogen) atoms. The molecule has 186 valence electrons. The van der Waals surface area contributed by atoms with E-state index >= 15 is 0 Å². The van der Waals surface area contributed by atoms with Gasteiger partial charge in [-0.05, 0) is 18.9 Å². The van der Waals surface area contributed by atoms with Crippen LogP contribution in [-0.4, -0.2) is 82.3 Å². The van der Waals surface area contributed by atoms with Crippen LogP contribution < -0.4 is 15.5 Å². The number of aromatic nitrogens is 6. The van der Waals surface area contributed by atoms with Crippen molar-refractivity contribution in [2.45, 2.75) is 18.9 Å². The molecule has 0 atom stereocenters. The Morgan fingerprint density at radius 2 is 1.83 bits per heavy atom. The molecule has 1 aromatic carbocycles. The minimum atomic E-state index is -0.376. The van der Waals surface area contributed by atoms with Gasteiger partial charge in [-0.25, -0.2) is 24.4 Å². The highest BCUT2D eigenvalue weighted by Gasteiger charge is 2.24. The lowest BCUT2D eigenvalue weighted by Gasteiger charge is -2.27. The number of hydrogen-bond acceptors (Lipinski definition) is 9. The highest BCUT2D eigenvalue weighted by molar-refractivity contribution is 5.95. The summed E-state index contributed by atoms with van der Waals surface area (Å²) >= 11 is 0. The number of amides is 2. The number of hydrogen-bond donors (Lipinski definition) is 2. The van der Waals surface area contributed by atoms with E-state index in [1.807, 2.05) is 29.1 Å². The van der Waals surface area contributed by atoms with Gasteiger partial charge in [-0.3, -0.25) is 5.32 Å². The molecule has 5 heterocycles. The van der Waals surface area contributed by atoms with Crippen LogP contribution in [0, 0.1) is 0 Å². The van der Waals surface area contributed by atoms with Crippen molar-refractivity contribution in [2.75, 3.05) is 56.8 Å². The summed E-state index contributed by atoms with van der Waals surface area (Å²) in [4.78, 5) is 32.6. The van der Waals surface area contributed by atoms with Crippen molar-refractivity contribution in [3.8, 4) is 11.3 Å². The fraction of sp³-hybridized carbons (Fsp3) is 0.417. The highest BCUT2D eigenvalue weighted by atomic mass is 16.5. The summed E-state index contributed by atoms with van der Waals surface area (Å²) < 4.78 is 13.1. The Labute approximate surface area is 207 Å². The number of morpholine rings is 1. The van der Waals surface area contributed by atoms with E-state index in [4.69, 9.17) is 24.5 Å². The summed E-state index contributed by atoms with van der Waals surface area (Å²) in [7, 11) is 1.54. The molecule has 2 aliphatic heterocycles. The minimum Gasteiger partial charge on any atom is -0.381 e. The maximum absolute atomic E-state index is 11.7. The minimum absolute atomic E-state index is 0.230. The van der Waals surface area contributed by atoms with Crippen LogP contribution >= 0.6 is 0 Å². The molecular weight excluding hydrogens is 462 g/mol. The fourth-order valence-corrected chi connectivity index (χ4v) is 4.63. The third-order valence-electron chi connectivity index (χ3n) is 6.58. The van der Waals surface area contributed by atoms with E-state index in [1.54, 1.807) is 13.2 Å². The first-order chi connectivity index (χ1) is 17.7. The van der Waals surface area contributed by atoms with E-state index < -0.39 is 0 Å². The highest BCUT2D eigenvalue weighted by Crippen LogP contribution is 2.33. The van der Waals surface area contributed by atoms with E-state index in [9.17, 15) is 4.79 Å². The molecule has 0 saturated carbocycles. The van der Waals surface area contributed by atoms with Gasteiger partial charge in [0.05, 0.1) is 42.0 Å². The summed E-state index contributed by atoms with van der Waals surface area (Å²) in [5.41, 5.74) is 3.20. The molecule has 12 heteroatoms. The number of carbonyl (C=O) groups excluding carboxylic acids is 1. The SMILES string of the molecule is CNC(=O)Nc1ncc2ccc(-c3nc(N4CCOCC4)nc4c3cnn4C3CCOCC3)cc2n1. The van der Waals surface area contributed by atoms with Gasteiger partial charge in [0.1, 0.15) is 0 Å². The quantitative estimate of drug-likeness (QED) is 0.443. The molecule has 0 aliphatic carbocycles. The lowest BCUT2D eigenvalue weighted by atomic mass is 10.1. The predicted octanol–water partition coefficient (Wildman–Crippen LogP) is 2.38. The number of fused-ring (bicyclic) bond motifs is 2. The van der Waals surface area contributed by atoms with Crippen molar-refractivity contribution in [1.29, 1.82) is 0 Å². The van der Waals surface area contributed by atoms with Gasteiger partial charge in [0.15, 0.2) is 5.65 Å². The van der Waals surface area contributed by atoms with E-state index in [-0.39, 0.29) is 18.0 Å². The number of rotatable bonds is 4. The van der Waals surface area contributed by atoms with Crippen LogP contribution in [0.5, 0.6) is 0 Å². The second-order valence-electron chi connectivity index (χ2n) is 8.81. The monoisotopic (exact) mass is 489 g/mol. The number of nitrogens with one attached hydrogen (secondary N) is 2. The first-order valence-electron chi connectivity index (χ1n) is 12.1. The largest absolute Gasteiger partial charge is 0.381 e. The summed E-state index contributed by atoms with van der Waals surface area (Å²) in [5, 5.41) is 11.6. The standard InChI is InChI=1S/C24H27N9O3/c1-25-24(34)31-22-26-13-16-3-2-15(12-19(16)28-22)20-18-14-27-33(17-4-8-35-9-5-17)21(18)30-23(29-20)32-6-10-36-11-7-32/h2-3,12-14,17H,4-11H2,1H3,(H2,25,26,28,31,34). The summed E-state index contributed by atoms with van der Waals surface area (Å²) in [6.07, 6.45) is 5.34. The second-order valence-corrected chi connectivity index (χ2v) is 8.81. The molecule has 3 aromatic heterocycles. The average molecular weight is 490 g/mol. The van der Waals surface area contributed by atoms with Crippen LogP contribution in [0.25, 0.3) is 33.2 Å². The number of urea groups is 1. The lowest BCUT2D eigenvalue weighted by Crippen LogP contribution is -2.37. The van der Waals surface area contributed by atoms with Crippen molar-refractivity contribution in [3.05, 3.63) is 30.6 Å². The van der Waals surface area contributed by atoms with Crippen molar-refractivity contribution in [2.24, 2.45) is 0 Å². The van der Waals surface area contributed by atoms with Crippen molar-refractivity contribution in [1.82, 2.24) is 35.0 Å². The first kappa shape index (κ1) is 22.6. The maximum Gasteiger partial charge on any atom is 0.321 e. The molecule has 0 spiro atoms. The molecular formula is C24H27N9O3. The zero-order valence-corrected chi connectivity index (χ0v) is 20.0. The molecule has 0 bridgehead atoms. The maximum atomic E-state index is 11.7. The van der Waals surface area contributed by atoms with Gasteiger partial charge in [0.2, 0.25) is 11.9 Å². The molecule has 2 amide bonds. The zero-order valence-electron chi connectivity index (χ0n) is 20.0. The van der Waals surface area contributed by atoms with E-state index in [1.165, 1.54) is 0 Å². The van der Waals surface area contributed by atoms with Crippen molar-refractivity contribution < 1.29 is 14.3 Å². The molecule has 12 nitrogen and oxygen atoms in total. The molecule has 2 aliphatic rings. The van der Waals surface area contributed by atoms with Crippen molar-refractivity contribution >= 4 is 39.9 Å². The fourth-order valence-electron chi connectivity index (χ4n) is 4.63. The number of anilines is 2. The Kier molecular flexibility index (Phi) is 6.03. The Morgan fingerprint density at radius 3 is 2.64 bits per heavy atom. The van der Waals surface area contributed by atoms with Crippen LogP contribution in [0.3, 0.4) is 0 Å². The first-order valence-corrected chi connectivity index (χ1v) is 12.1. The molecule has 2 fully saturated rings. The predicted molar refractivity (Wildman–Crippen MR) is 134 cm³/mol. The summed E-state index contributed by atoms with van der Waals surface area (Å²) in [6.45, 7) is 4.19. The Bertz CT molecular complexity index is 1410. The summed E-state index contributed by atoms with van der Waals surface area (Å²) in [5.74, 6) is 0.896. The number of carbonyl (C=O) groups is 1. The third kappa shape index (κ3) is 4.29. The topological polar surface area (TPSA) is 132 Å². The van der Waals surface area contributed by atoms with Crippen LogP contribution in [0.4, 0.5) is 16.7 Å². The van der Waals surface area contributed by atoms with Gasteiger partial charge in [0.25, 0.3) is 0 Å². The molecule has 2 saturated heterocycles. The number of ether oxygens (including phenoxy) is 2. The molecule has 0 unspecified atom stereocenters. The number of nitrogens with zero attached hydrogens (tertiary/aromatic N) is 7. The van der Waals surface area contributed by atoms with E-state index in [0.29, 0.717) is 24.7 Å². The third-order valence-corrected chi connectivity index (χ3v) is 6.58. The van der Waals surface area contributed by atoms with Gasteiger partial charge in [-0.2, -0.15) is 10.1 Å². The summed E-state index contributed by atoms with van der Waals surface area (Å²) in [6, 6.07) is 5.79. The van der Waals surface area contributed by atoms with Crippen LogP contribution in [-0.2, 0) is 9.47 Å². The molecule has 0 radical (unpaired) electrons. The van der Waals surface area contributed by atoms with Crippen LogP contribution in [0.1, 0.15) is 18.9 Å². The average Bonchev–Trinajstić information content (AvgIpc) is 3.37. The van der Waals surface area contributed by atoms with Gasteiger partial charge < -0.3 is 19.7 Å². The van der Waals surface area contributed by atoms with E-state index in [0.717, 1.165) is 66.8 Å². The zero-order chi connectivity index (χ0) is 24.5. The van der Waals surface area contributed by atoms with E-state index in [2.05, 4.69) is 25.5 Å². The Morgan fingerprint density at radius 1 is 1.03 bits per heavy atom. The molecule has 2 N–H and O–H groups in total. The van der Waals surface area contributed by atoms with Crippen LogP contribution in [0.2, 0.25) is 0 Å². The second kappa shape index (κ2) is 9.63. The Balaban J connectivity index is 1.47. The van der Waals surface area contributed by atoms with Crippen LogP contribution in [0.15, 0.2) is 30.6 Å².